The molecule has 0 bridgehead atoms. The van der Waals surface area contributed by atoms with E-state index in [0.717, 1.165) is 0 Å². The second-order valence-corrected chi connectivity index (χ2v) is 7.61. The van der Waals surface area contributed by atoms with Crippen molar-refractivity contribution in [3.8, 4) is 23.3 Å². The molecule has 6 heteroatoms. The van der Waals surface area contributed by atoms with E-state index in [1.807, 2.05) is 0 Å². The molecule has 2 aromatic carbocycles. The molecule has 0 aliphatic heterocycles. The second kappa shape index (κ2) is 9.84. The summed E-state index contributed by atoms with van der Waals surface area (Å²) in [7, 11) is 4.73. The Bertz CT molecular complexity index is 962. The highest BCUT2D eigenvalue weighted by Gasteiger charge is 2.19. The number of nitrogens with zero attached hydrogens (tertiary/aromatic N) is 1. The standard InChI is InChI=1S/C24H27NO5/c1-24(2,3)30-23(27)25(4)15-7-8-18-16-19(11-14-21(18)29-6)22(26)17-9-12-20(28-5)13-10-17/h9-14,16H,15H2,1-6H3. The predicted molar refractivity (Wildman–Crippen MR) is 115 cm³/mol. The Morgan fingerprint density at radius 3 is 2.17 bits per heavy atom. The summed E-state index contributed by atoms with van der Waals surface area (Å²) in [5.74, 6) is 7.01. The normalized spacial score (nSPS) is 10.5. The molecule has 0 aliphatic rings. The maximum atomic E-state index is 12.8. The third-order valence-corrected chi connectivity index (χ3v) is 4.06. The van der Waals surface area contributed by atoms with Crippen molar-refractivity contribution < 1.29 is 23.8 Å². The van der Waals surface area contributed by atoms with Gasteiger partial charge in [-0.15, -0.1) is 0 Å². The van der Waals surface area contributed by atoms with E-state index >= 15 is 0 Å². The van der Waals surface area contributed by atoms with Crippen molar-refractivity contribution in [2.75, 3.05) is 27.8 Å². The number of methoxy groups -OCH3 is 2. The zero-order chi connectivity index (χ0) is 22.3. The summed E-state index contributed by atoms with van der Waals surface area (Å²) < 4.78 is 15.8. The number of hydrogen-bond donors (Lipinski definition) is 0. The smallest absolute Gasteiger partial charge is 0.410 e. The zero-order valence-corrected chi connectivity index (χ0v) is 18.2. The molecule has 6 nitrogen and oxygen atoms in total. The Hall–Kier alpha value is -3.46. The Kier molecular flexibility index (Phi) is 7.48. The third kappa shape index (κ3) is 6.28. The van der Waals surface area contributed by atoms with Crippen molar-refractivity contribution in [2.24, 2.45) is 0 Å². The van der Waals surface area contributed by atoms with Gasteiger partial charge in [-0.25, -0.2) is 4.79 Å². The molecule has 0 radical (unpaired) electrons. The summed E-state index contributed by atoms with van der Waals surface area (Å²) in [5.41, 5.74) is 1.03. The molecule has 0 aromatic heterocycles. The van der Waals surface area contributed by atoms with Crippen LogP contribution in [0.1, 0.15) is 42.3 Å². The lowest BCUT2D eigenvalue weighted by Gasteiger charge is -2.23. The molecule has 0 saturated carbocycles. The Labute approximate surface area is 177 Å². The third-order valence-electron chi connectivity index (χ3n) is 4.06. The molecular weight excluding hydrogens is 382 g/mol. The minimum atomic E-state index is -0.571. The Balaban J connectivity index is 2.19. The van der Waals surface area contributed by atoms with Gasteiger partial charge >= 0.3 is 6.09 Å². The van der Waals surface area contributed by atoms with Crippen LogP contribution in [0.25, 0.3) is 0 Å². The van der Waals surface area contributed by atoms with Crippen LogP contribution in [0, 0.1) is 11.8 Å². The number of carbonyl (C=O) groups is 2. The highest BCUT2D eigenvalue weighted by molar-refractivity contribution is 6.09. The van der Waals surface area contributed by atoms with Gasteiger partial charge in [0.1, 0.15) is 17.1 Å². The van der Waals surface area contributed by atoms with Crippen LogP contribution >= 0.6 is 0 Å². The van der Waals surface area contributed by atoms with Crippen LogP contribution in [0.3, 0.4) is 0 Å². The number of rotatable bonds is 5. The summed E-state index contributed by atoms with van der Waals surface area (Å²) >= 11 is 0. The number of ketones is 1. The van der Waals surface area contributed by atoms with Gasteiger partial charge in [-0.1, -0.05) is 11.8 Å². The summed E-state index contributed by atoms with van der Waals surface area (Å²) in [4.78, 5) is 26.2. The van der Waals surface area contributed by atoms with Gasteiger partial charge in [0, 0.05) is 18.2 Å². The van der Waals surface area contributed by atoms with Crippen LogP contribution in [-0.4, -0.2) is 50.2 Å². The van der Waals surface area contributed by atoms with Gasteiger partial charge in [0.25, 0.3) is 0 Å². The number of benzene rings is 2. The highest BCUT2D eigenvalue weighted by Crippen LogP contribution is 2.22. The minimum Gasteiger partial charge on any atom is -0.497 e. The summed E-state index contributed by atoms with van der Waals surface area (Å²) in [6, 6.07) is 12.0. The van der Waals surface area contributed by atoms with Crippen molar-refractivity contribution in [3.63, 3.8) is 0 Å². The number of amides is 1. The molecule has 0 aliphatic carbocycles. The summed E-state index contributed by atoms with van der Waals surface area (Å²) in [6.07, 6.45) is -0.452. The first-order chi connectivity index (χ1) is 14.1. The minimum absolute atomic E-state index is 0.130. The molecule has 2 rings (SSSR count). The quantitative estimate of drug-likeness (QED) is 0.548. The van der Waals surface area contributed by atoms with Gasteiger partial charge in [0.2, 0.25) is 0 Å². The number of carbonyl (C=O) groups excluding carboxylic acids is 2. The van der Waals surface area contributed by atoms with Gasteiger partial charge in [-0.2, -0.15) is 0 Å². The number of hydrogen-bond acceptors (Lipinski definition) is 5. The van der Waals surface area contributed by atoms with Crippen molar-refractivity contribution in [1.82, 2.24) is 4.90 Å². The van der Waals surface area contributed by atoms with E-state index < -0.39 is 11.7 Å². The fourth-order valence-electron chi connectivity index (χ4n) is 2.51. The average Bonchev–Trinajstić information content (AvgIpc) is 2.71. The fourth-order valence-corrected chi connectivity index (χ4v) is 2.51. The van der Waals surface area contributed by atoms with Crippen LogP contribution in [0.15, 0.2) is 42.5 Å². The molecule has 0 N–H and O–H groups in total. The first-order valence-corrected chi connectivity index (χ1v) is 9.44. The first-order valence-electron chi connectivity index (χ1n) is 9.44. The maximum Gasteiger partial charge on any atom is 0.410 e. The van der Waals surface area contributed by atoms with E-state index in [2.05, 4.69) is 11.8 Å². The molecular formula is C24H27NO5. The van der Waals surface area contributed by atoms with E-state index in [1.54, 1.807) is 77.4 Å². The lowest BCUT2D eigenvalue weighted by Crippen LogP contribution is -2.34. The van der Waals surface area contributed by atoms with E-state index in [1.165, 1.54) is 12.0 Å². The maximum absolute atomic E-state index is 12.8. The fraction of sp³-hybridized carbons (Fsp3) is 0.333. The molecule has 0 atom stereocenters. The average molecular weight is 409 g/mol. The topological polar surface area (TPSA) is 65.1 Å². The van der Waals surface area contributed by atoms with Crippen LogP contribution in [-0.2, 0) is 4.74 Å². The molecule has 30 heavy (non-hydrogen) atoms. The summed E-state index contributed by atoms with van der Waals surface area (Å²) in [6.45, 7) is 5.59. The lowest BCUT2D eigenvalue weighted by molar-refractivity contribution is 0.0321. The molecule has 0 spiro atoms. The van der Waals surface area contributed by atoms with Crippen molar-refractivity contribution in [1.29, 1.82) is 0 Å². The van der Waals surface area contributed by atoms with E-state index in [0.29, 0.717) is 28.2 Å². The predicted octanol–water partition coefficient (Wildman–Crippen LogP) is 4.15. The molecule has 2 aromatic rings. The Morgan fingerprint density at radius 1 is 0.967 bits per heavy atom. The molecule has 1 amide bonds. The van der Waals surface area contributed by atoms with Gasteiger partial charge < -0.3 is 19.1 Å². The molecule has 0 unspecified atom stereocenters. The summed E-state index contributed by atoms with van der Waals surface area (Å²) in [5, 5.41) is 0. The van der Waals surface area contributed by atoms with E-state index in [-0.39, 0.29) is 12.3 Å². The van der Waals surface area contributed by atoms with Crippen molar-refractivity contribution in [2.45, 2.75) is 26.4 Å². The van der Waals surface area contributed by atoms with Crippen molar-refractivity contribution in [3.05, 3.63) is 59.2 Å². The molecule has 0 heterocycles. The largest absolute Gasteiger partial charge is 0.497 e. The molecule has 0 saturated heterocycles. The zero-order valence-electron chi connectivity index (χ0n) is 18.2. The molecule has 0 fully saturated rings. The second-order valence-electron chi connectivity index (χ2n) is 7.61. The molecule has 158 valence electrons. The van der Waals surface area contributed by atoms with Crippen LogP contribution in [0.5, 0.6) is 11.5 Å². The van der Waals surface area contributed by atoms with Gasteiger partial charge in [-0.3, -0.25) is 4.79 Å². The first kappa shape index (κ1) is 22.8. The van der Waals surface area contributed by atoms with Crippen LogP contribution in [0.2, 0.25) is 0 Å². The van der Waals surface area contributed by atoms with Crippen LogP contribution in [0.4, 0.5) is 4.79 Å². The van der Waals surface area contributed by atoms with Crippen molar-refractivity contribution >= 4 is 11.9 Å². The number of ether oxygens (including phenoxy) is 3. The van der Waals surface area contributed by atoms with E-state index in [4.69, 9.17) is 14.2 Å². The Morgan fingerprint density at radius 2 is 1.60 bits per heavy atom. The highest BCUT2D eigenvalue weighted by atomic mass is 16.6. The van der Waals surface area contributed by atoms with Crippen LogP contribution < -0.4 is 9.47 Å². The lowest BCUT2D eigenvalue weighted by atomic mass is 10.0. The van der Waals surface area contributed by atoms with Gasteiger partial charge in [-0.05, 0) is 63.2 Å². The van der Waals surface area contributed by atoms with Gasteiger partial charge in [0.05, 0.1) is 26.3 Å². The van der Waals surface area contributed by atoms with E-state index in [9.17, 15) is 9.59 Å². The monoisotopic (exact) mass is 409 g/mol. The SMILES string of the molecule is COc1ccc(C(=O)c2ccc(OC)c(C#CCN(C)C(=O)OC(C)(C)C)c2)cc1. The van der Waals surface area contributed by atoms with Gasteiger partial charge in [0.15, 0.2) is 5.78 Å².